The quantitative estimate of drug-likeness (QED) is 0.863. The molecule has 1 heterocycles. The third-order valence-electron chi connectivity index (χ3n) is 3.18. The molecule has 1 aromatic carbocycles. The normalized spacial score (nSPS) is 14.5. The van der Waals surface area contributed by atoms with Crippen LogP contribution >= 0.6 is 23.4 Å². The van der Waals surface area contributed by atoms with Crippen molar-refractivity contribution in [2.45, 2.75) is 29.8 Å². The lowest BCUT2D eigenvalue weighted by Crippen LogP contribution is -2.16. The van der Waals surface area contributed by atoms with Gasteiger partial charge in [0.05, 0.1) is 7.11 Å². The van der Waals surface area contributed by atoms with E-state index in [0.29, 0.717) is 16.8 Å². The molecule has 1 N–H and O–H groups in total. The lowest BCUT2D eigenvalue weighted by Gasteiger charge is -2.08. The Bertz CT molecular complexity index is 678. The molecule has 5 nitrogen and oxygen atoms in total. The van der Waals surface area contributed by atoms with Crippen LogP contribution in [-0.4, -0.2) is 21.9 Å². The van der Waals surface area contributed by atoms with Gasteiger partial charge < -0.3 is 4.74 Å². The first-order valence-corrected chi connectivity index (χ1v) is 7.67. The SMILES string of the molecule is COc1ccc(Cl)cc1CSc1n[nH]c(=O)n1C1CC1. The van der Waals surface area contributed by atoms with E-state index in [2.05, 4.69) is 10.2 Å². The van der Waals surface area contributed by atoms with Gasteiger partial charge in [-0.05, 0) is 31.0 Å². The molecule has 20 heavy (non-hydrogen) atoms. The van der Waals surface area contributed by atoms with Crippen molar-refractivity contribution in [3.05, 3.63) is 39.3 Å². The van der Waals surface area contributed by atoms with Crippen LogP contribution in [0.1, 0.15) is 24.4 Å². The number of H-pyrrole nitrogens is 1. The summed E-state index contributed by atoms with van der Waals surface area (Å²) in [6, 6.07) is 5.82. The van der Waals surface area contributed by atoms with Crippen LogP contribution in [0.25, 0.3) is 0 Å². The van der Waals surface area contributed by atoms with E-state index in [-0.39, 0.29) is 5.69 Å². The zero-order valence-corrected chi connectivity index (χ0v) is 12.5. The van der Waals surface area contributed by atoms with Gasteiger partial charge in [0.25, 0.3) is 0 Å². The van der Waals surface area contributed by atoms with E-state index in [0.717, 1.165) is 29.3 Å². The molecular formula is C13H14ClN3O2S. The molecule has 0 atom stereocenters. The van der Waals surface area contributed by atoms with Crippen molar-refractivity contribution < 1.29 is 4.74 Å². The van der Waals surface area contributed by atoms with Gasteiger partial charge in [0.2, 0.25) is 0 Å². The van der Waals surface area contributed by atoms with Gasteiger partial charge in [0, 0.05) is 22.4 Å². The second kappa shape index (κ2) is 5.54. The van der Waals surface area contributed by atoms with Crippen LogP contribution in [0, 0.1) is 0 Å². The van der Waals surface area contributed by atoms with Crippen LogP contribution in [0.2, 0.25) is 5.02 Å². The van der Waals surface area contributed by atoms with Gasteiger partial charge >= 0.3 is 5.69 Å². The van der Waals surface area contributed by atoms with Crippen molar-refractivity contribution in [3.8, 4) is 5.75 Å². The maximum atomic E-state index is 11.7. The Morgan fingerprint density at radius 3 is 3.05 bits per heavy atom. The van der Waals surface area contributed by atoms with E-state index in [1.807, 2.05) is 12.1 Å². The Hall–Kier alpha value is -1.40. The van der Waals surface area contributed by atoms with Crippen molar-refractivity contribution in [1.82, 2.24) is 14.8 Å². The number of benzene rings is 1. The van der Waals surface area contributed by atoms with Crippen LogP contribution < -0.4 is 10.4 Å². The summed E-state index contributed by atoms with van der Waals surface area (Å²) in [6.45, 7) is 0. The predicted molar refractivity (Wildman–Crippen MR) is 78.7 cm³/mol. The molecule has 0 unspecified atom stereocenters. The molecule has 0 bridgehead atoms. The number of ether oxygens (including phenoxy) is 1. The number of methoxy groups -OCH3 is 1. The summed E-state index contributed by atoms with van der Waals surface area (Å²) in [6.07, 6.45) is 2.10. The Morgan fingerprint density at radius 2 is 2.35 bits per heavy atom. The highest BCUT2D eigenvalue weighted by atomic mass is 35.5. The summed E-state index contributed by atoms with van der Waals surface area (Å²) < 4.78 is 7.05. The lowest BCUT2D eigenvalue weighted by atomic mass is 10.2. The molecule has 1 aliphatic rings. The van der Waals surface area contributed by atoms with Crippen molar-refractivity contribution in [1.29, 1.82) is 0 Å². The number of thioether (sulfide) groups is 1. The first-order chi connectivity index (χ1) is 9.69. The molecule has 1 fully saturated rings. The molecule has 0 amide bonds. The molecule has 0 saturated heterocycles. The smallest absolute Gasteiger partial charge is 0.344 e. The third kappa shape index (κ3) is 2.71. The fourth-order valence-corrected chi connectivity index (χ4v) is 3.24. The molecule has 1 saturated carbocycles. The first-order valence-electron chi connectivity index (χ1n) is 6.31. The Labute approximate surface area is 125 Å². The number of rotatable bonds is 5. The molecule has 2 aromatic rings. The van der Waals surface area contributed by atoms with Gasteiger partial charge in [-0.15, -0.1) is 5.10 Å². The monoisotopic (exact) mass is 311 g/mol. The summed E-state index contributed by atoms with van der Waals surface area (Å²) in [4.78, 5) is 11.7. The number of nitrogens with one attached hydrogen (secondary N) is 1. The number of aromatic amines is 1. The first kappa shape index (κ1) is 13.6. The fourth-order valence-electron chi connectivity index (χ4n) is 2.05. The van der Waals surface area contributed by atoms with Crippen LogP contribution in [-0.2, 0) is 5.75 Å². The van der Waals surface area contributed by atoms with E-state index in [4.69, 9.17) is 16.3 Å². The molecule has 3 rings (SSSR count). The summed E-state index contributed by atoms with van der Waals surface area (Å²) in [5.41, 5.74) is 0.857. The number of hydrogen-bond donors (Lipinski definition) is 1. The second-order valence-electron chi connectivity index (χ2n) is 4.66. The predicted octanol–water partition coefficient (Wildman–Crippen LogP) is 2.86. The highest BCUT2D eigenvalue weighted by Crippen LogP contribution is 2.37. The molecule has 0 aliphatic heterocycles. The van der Waals surface area contributed by atoms with Crippen LogP contribution in [0.4, 0.5) is 0 Å². The highest BCUT2D eigenvalue weighted by Gasteiger charge is 2.28. The second-order valence-corrected chi connectivity index (χ2v) is 6.04. The van der Waals surface area contributed by atoms with Gasteiger partial charge in [-0.3, -0.25) is 4.57 Å². The van der Waals surface area contributed by atoms with E-state index in [9.17, 15) is 4.79 Å². The van der Waals surface area contributed by atoms with E-state index in [1.165, 1.54) is 11.8 Å². The zero-order chi connectivity index (χ0) is 14.1. The number of halogens is 1. The van der Waals surface area contributed by atoms with Gasteiger partial charge in [0.1, 0.15) is 5.75 Å². The summed E-state index contributed by atoms with van der Waals surface area (Å²) in [5, 5.41) is 7.99. The summed E-state index contributed by atoms with van der Waals surface area (Å²) >= 11 is 7.52. The minimum absolute atomic E-state index is 0.131. The molecule has 0 radical (unpaired) electrons. The number of hydrogen-bond acceptors (Lipinski definition) is 4. The van der Waals surface area contributed by atoms with Crippen molar-refractivity contribution >= 4 is 23.4 Å². The largest absolute Gasteiger partial charge is 0.496 e. The zero-order valence-electron chi connectivity index (χ0n) is 10.9. The third-order valence-corrected chi connectivity index (χ3v) is 4.42. The van der Waals surface area contributed by atoms with Gasteiger partial charge in [0.15, 0.2) is 5.16 Å². The molecule has 0 spiro atoms. The van der Waals surface area contributed by atoms with Crippen LogP contribution in [0.3, 0.4) is 0 Å². The molecule has 1 aliphatic carbocycles. The van der Waals surface area contributed by atoms with Crippen molar-refractivity contribution in [2.24, 2.45) is 0 Å². The van der Waals surface area contributed by atoms with Gasteiger partial charge in [-0.1, -0.05) is 23.4 Å². The lowest BCUT2D eigenvalue weighted by molar-refractivity contribution is 0.411. The summed E-state index contributed by atoms with van der Waals surface area (Å²) in [7, 11) is 1.63. The minimum atomic E-state index is -0.131. The Kier molecular flexibility index (Phi) is 3.76. The van der Waals surface area contributed by atoms with Crippen molar-refractivity contribution in [3.63, 3.8) is 0 Å². The molecule has 7 heteroatoms. The minimum Gasteiger partial charge on any atom is -0.496 e. The van der Waals surface area contributed by atoms with E-state index >= 15 is 0 Å². The average Bonchev–Trinajstić information content (AvgIpc) is 3.20. The maximum absolute atomic E-state index is 11.7. The Balaban J connectivity index is 1.80. The standard InChI is InChI=1S/C13H14ClN3O2S/c1-19-11-5-2-9(14)6-8(11)7-20-13-16-15-12(18)17(13)10-3-4-10/h2,5-6,10H,3-4,7H2,1H3,(H,15,18). The average molecular weight is 312 g/mol. The van der Waals surface area contributed by atoms with Gasteiger partial charge in [-0.2, -0.15) is 0 Å². The molecular weight excluding hydrogens is 298 g/mol. The number of nitrogens with zero attached hydrogens (tertiary/aromatic N) is 2. The highest BCUT2D eigenvalue weighted by molar-refractivity contribution is 7.98. The van der Waals surface area contributed by atoms with Crippen LogP contribution in [0.5, 0.6) is 5.75 Å². The molecule has 106 valence electrons. The Morgan fingerprint density at radius 1 is 1.55 bits per heavy atom. The van der Waals surface area contributed by atoms with E-state index < -0.39 is 0 Å². The topological polar surface area (TPSA) is 59.9 Å². The van der Waals surface area contributed by atoms with E-state index in [1.54, 1.807) is 17.7 Å². The fraction of sp³-hybridized carbons (Fsp3) is 0.385. The molecule has 1 aromatic heterocycles. The van der Waals surface area contributed by atoms with Crippen molar-refractivity contribution in [2.75, 3.05) is 7.11 Å². The van der Waals surface area contributed by atoms with Crippen LogP contribution in [0.15, 0.2) is 28.2 Å². The maximum Gasteiger partial charge on any atom is 0.344 e. The van der Waals surface area contributed by atoms with Gasteiger partial charge in [-0.25, -0.2) is 9.89 Å². The summed E-state index contributed by atoms with van der Waals surface area (Å²) in [5.74, 6) is 1.44. The number of aromatic nitrogens is 3.